The lowest BCUT2D eigenvalue weighted by Crippen LogP contribution is -2.57. The second-order valence-electron chi connectivity index (χ2n) is 8.87. The van der Waals surface area contributed by atoms with Crippen LogP contribution in [0, 0.1) is 11.7 Å². The minimum atomic E-state index is -5.08. The number of likely N-dealkylation sites (N-methyl/N-ethyl adjacent to an activating group) is 1. The lowest BCUT2D eigenvalue weighted by Gasteiger charge is -2.49. The van der Waals surface area contributed by atoms with Gasteiger partial charge in [0.25, 0.3) is 0 Å². The van der Waals surface area contributed by atoms with Crippen molar-refractivity contribution in [2.24, 2.45) is 5.92 Å². The summed E-state index contributed by atoms with van der Waals surface area (Å²) in [5.41, 5.74) is 1.68. The van der Waals surface area contributed by atoms with Crippen molar-refractivity contribution in [2.75, 3.05) is 26.7 Å². The molecule has 1 aromatic heterocycles. The summed E-state index contributed by atoms with van der Waals surface area (Å²) in [7, 11) is 2.15. The maximum Gasteiger partial charge on any atom is 0.490 e. The molecule has 1 saturated heterocycles. The summed E-state index contributed by atoms with van der Waals surface area (Å²) in [4.78, 5) is 30.4. The predicted octanol–water partition coefficient (Wildman–Crippen LogP) is 3.74. The first-order chi connectivity index (χ1) is 15.9. The van der Waals surface area contributed by atoms with Crippen molar-refractivity contribution >= 4 is 11.9 Å². The van der Waals surface area contributed by atoms with E-state index in [0.29, 0.717) is 0 Å². The lowest BCUT2D eigenvalue weighted by molar-refractivity contribution is -0.192. The molecule has 0 saturated carbocycles. The summed E-state index contributed by atoms with van der Waals surface area (Å²) in [5.74, 6) is -1.68. The number of aromatic nitrogens is 2. The number of aliphatic carboxylic acids is 1. The van der Waals surface area contributed by atoms with Gasteiger partial charge in [-0.2, -0.15) is 13.2 Å². The lowest BCUT2D eigenvalue weighted by atomic mass is 9.83. The summed E-state index contributed by atoms with van der Waals surface area (Å²) in [6, 6.07) is 6.71. The van der Waals surface area contributed by atoms with Gasteiger partial charge in [0.15, 0.2) is 0 Å². The number of nitrogens with zero attached hydrogens (tertiary/aromatic N) is 4. The van der Waals surface area contributed by atoms with Crippen molar-refractivity contribution in [2.45, 2.75) is 44.9 Å². The van der Waals surface area contributed by atoms with Crippen LogP contribution in [0.2, 0.25) is 0 Å². The summed E-state index contributed by atoms with van der Waals surface area (Å²) in [5, 5.41) is 7.12. The van der Waals surface area contributed by atoms with Gasteiger partial charge in [0, 0.05) is 37.7 Å². The maximum absolute atomic E-state index is 13.7. The van der Waals surface area contributed by atoms with Crippen LogP contribution in [0.15, 0.2) is 30.5 Å². The quantitative estimate of drug-likeness (QED) is 0.657. The fraction of sp³-hybridized carbons (Fsp3) is 0.522. The maximum atomic E-state index is 13.7. The van der Waals surface area contributed by atoms with E-state index in [1.54, 1.807) is 12.1 Å². The van der Waals surface area contributed by atoms with Gasteiger partial charge in [0.1, 0.15) is 11.6 Å². The third-order valence-corrected chi connectivity index (χ3v) is 6.42. The Morgan fingerprint density at radius 3 is 2.26 bits per heavy atom. The molecule has 3 heterocycles. The smallest absolute Gasteiger partial charge is 0.475 e. The number of alkyl halides is 3. The molecule has 7 nitrogen and oxygen atoms in total. The number of fused-ring (bicyclic) bond motifs is 2. The van der Waals surface area contributed by atoms with Crippen LogP contribution in [-0.2, 0) is 21.7 Å². The van der Waals surface area contributed by atoms with E-state index < -0.39 is 12.1 Å². The van der Waals surface area contributed by atoms with E-state index in [-0.39, 0.29) is 23.2 Å². The number of hydrogen-bond acceptors (Lipinski definition) is 4. The SMILES string of the molecule is CC(C)C(=O)N1CCC2(CC1)c1ncc(-c3cccc(F)c3)n1CCN2C.O=C(O)C(F)(F)F. The van der Waals surface area contributed by atoms with Crippen LogP contribution in [0.1, 0.15) is 32.5 Å². The molecule has 2 aliphatic rings. The highest BCUT2D eigenvalue weighted by Crippen LogP contribution is 2.41. The molecule has 2 aliphatic heterocycles. The summed E-state index contributed by atoms with van der Waals surface area (Å²) < 4.78 is 47.7. The average Bonchev–Trinajstić information content (AvgIpc) is 3.21. The van der Waals surface area contributed by atoms with Gasteiger partial charge in [-0.15, -0.1) is 0 Å². The number of likely N-dealkylation sites (tertiary alicyclic amines) is 1. The van der Waals surface area contributed by atoms with Crippen LogP contribution in [-0.4, -0.2) is 69.2 Å². The predicted molar refractivity (Wildman–Crippen MR) is 116 cm³/mol. The number of benzene rings is 1. The van der Waals surface area contributed by atoms with Crippen molar-refractivity contribution in [3.05, 3.63) is 42.1 Å². The van der Waals surface area contributed by atoms with E-state index in [1.807, 2.05) is 31.0 Å². The summed E-state index contributed by atoms with van der Waals surface area (Å²) >= 11 is 0. The minimum absolute atomic E-state index is 0.0321. The zero-order valence-electron chi connectivity index (χ0n) is 19.3. The van der Waals surface area contributed by atoms with E-state index >= 15 is 0 Å². The Bertz CT molecular complexity index is 1040. The van der Waals surface area contributed by atoms with Crippen LogP contribution in [0.3, 0.4) is 0 Å². The van der Waals surface area contributed by atoms with Crippen LogP contribution in [0.5, 0.6) is 0 Å². The number of hydrogen-bond donors (Lipinski definition) is 1. The molecule has 1 aromatic carbocycles. The van der Waals surface area contributed by atoms with Crippen molar-refractivity contribution < 1.29 is 32.3 Å². The monoisotopic (exact) mass is 484 g/mol. The van der Waals surface area contributed by atoms with Crippen LogP contribution in [0.4, 0.5) is 17.6 Å². The van der Waals surface area contributed by atoms with Gasteiger partial charge in [0.2, 0.25) is 5.91 Å². The van der Waals surface area contributed by atoms with Gasteiger partial charge in [-0.05, 0) is 32.0 Å². The molecule has 4 rings (SSSR count). The molecule has 2 aromatic rings. The Hall–Kier alpha value is -2.95. The van der Waals surface area contributed by atoms with Gasteiger partial charge in [-0.25, -0.2) is 14.2 Å². The molecule has 1 spiro atoms. The third-order valence-electron chi connectivity index (χ3n) is 6.42. The topological polar surface area (TPSA) is 78.7 Å². The number of imidazole rings is 1. The molecule has 0 aliphatic carbocycles. The van der Waals surface area contributed by atoms with Gasteiger partial charge >= 0.3 is 12.1 Å². The van der Waals surface area contributed by atoms with E-state index in [9.17, 15) is 22.4 Å². The second kappa shape index (κ2) is 9.73. The van der Waals surface area contributed by atoms with Crippen molar-refractivity contribution in [3.8, 4) is 11.3 Å². The second-order valence-corrected chi connectivity index (χ2v) is 8.87. The summed E-state index contributed by atoms with van der Waals surface area (Å²) in [6.07, 6.45) is -1.46. The Labute approximate surface area is 195 Å². The normalized spacial score (nSPS) is 17.8. The molecule has 1 fully saturated rings. The Kier molecular flexibility index (Phi) is 7.35. The van der Waals surface area contributed by atoms with E-state index in [0.717, 1.165) is 56.1 Å². The molecule has 1 N–H and O–H groups in total. The molecule has 34 heavy (non-hydrogen) atoms. The number of carboxylic acid groups (broad SMARTS) is 1. The fourth-order valence-electron chi connectivity index (χ4n) is 4.55. The molecular formula is C23H28F4N4O3. The summed E-state index contributed by atoms with van der Waals surface area (Å²) in [6.45, 7) is 7.18. The largest absolute Gasteiger partial charge is 0.490 e. The minimum Gasteiger partial charge on any atom is -0.475 e. The number of carbonyl (C=O) groups is 2. The van der Waals surface area contributed by atoms with Crippen molar-refractivity contribution in [1.82, 2.24) is 19.4 Å². The molecule has 0 radical (unpaired) electrons. The first-order valence-electron chi connectivity index (χ1n) is 11.0. The van der Waals surface area contributed by atoms with Crippen molar-refractivity contribution in [1.29, 1.82) is 0 Å². The van der Waals surface area contributed by atoms with Gasteiger partial charge in [0.05, 0.1) is 17.4 Å². The highest BCUT2D eigenvalue weighted by Gasteiger charge is 2.46. The first-order valence-corrected chi connectivity index (χ1v) is 11.0. The highest BCUT2D eigenvalue weighted by atomic mass is 19.4. The molecule has 0 atom stereocenters. The van der Waals surface area contributed by atoms with Crippen LogP contribution < -0.4 is 0 Å². The number of carboxylic acids is 1. The molecule has 186 valence electrons. The molecule has 1 amide bonds. The van der Waals surface area contributed by atoms with E-state index in [1.165, 1.54) is 6.07 Å². The molecular weight excluding hydrogens is 456 g/mol. The number of piperidine rings is 1. The molecule has 11 heteroatoms. The zero-order chi connectivity index (χ0) is 25.3. The number of rotatable bonds is 2. The molecule has 0 bridgehead atoms. The van der Waals surface area contributed by atoms with Gasteiger partial charge in [-0.3, -0.25) is 9.69 Å². The number of carbonyl (C=O) groups excluding carboxylic acids is 1. The highest BCUT2D eigenvalue weighted by molar-refractivity contribution is 5.78. The Morgan fingerprint density at radius 2 is 1.74 bits per heavy atom. The average molecular weight is 484 g/mol. The standard InChI is InChI=1S/C21H27FN4O.C2HF3O2/c1-15(2)19(27)25-9-7-21(8-10-25)20-23-14-18(26(20)12-11-24(21)3)16-5-4-6-17(22)13-16;3-2(4,5)1(6)7/h4-6,13-15H,7-12H2,1-3H3;(H,6,7). The first kappa shape index (κ1) is 25.7. The van der Waals surface area contributed by atoms with Crippen LogP contribution >= 0.6 is 0 Å². The zero-order valence-corrected chi connectivity index (χ0v) is 19.3. The Balaban J connectivity index is 0.000000406. The Morgan fingerprint density at radius 1 is 1.12 bits per heavy atom. The van der Waals surface area contributed by atoms with Gasteiger partial charge < -0.3 is 14.6 Å². The molecule has 0 unspecified atom stereocenters. The number of halogens is 4. The van der Waals surface area contributed by atoms with Crippen LogP contribution in [0.25, 0.3) is 11.3 Å². The van der Waals surface area contributed by atoms with Crippen molar-refractivity contribution in [3.63, 3.8) is 0 Å². The van der Waals surface area contributed by atoms with E-state index in [4.69, 9.17) is 14.9 Å². The fourth-order valence-corrected chi connectivity index (χ4v) is 4.55. The van der Waals surface area contributed by atoms with Gasteiger partial charge in [-0.1, -0.05) is 26.0 Å². The third kappa shape index (κ3) is 5.08. The number of amides is 1. The van der Waals surface area contributed by atoms with E-state index in [2.05, 4.69) is 16.5 Å².